The van der Waals surface area contributed by atoms with E-state index in [1.165, 1.54) is 11.8 Å². The number of carbonyl (C=O) groups is 1. The van der Waals surface area contributed by atoms with E-state index in [9.17, 15) is 18.4 Å². The second-order valence-electron chi connectivity index (χ2n) is 7.27. The minimum absolute atomic E-state index is 0.0230. The third-order valence-corrected chi connectivity index (χ3v) is 6.19. The van der Waals surface area contributed by atoms with Crippen LogP contribution in [0.3, 0.4) is 0 Å². The highest BCUT2D eigenvalue weighted by atomic mass is 32.2. The van der Waals surface area contributed by atoms with Crippen LogP contribution in [0.4, 0.5) is 14.6 Å². The van der Waals surface area contributed by atoms with Gasteiger partial charge in [0, 0.05) is 25.1 Å². The molecule has 4 rings (SSSR count). The number of hydrogen-bond acceptors (Lipinski definition) is 4. The highest BCUT2D eigenvalue weighted by molar-refractivity contribution is 7.98. The minimum atomic E-state index is -0.897. The van der Waals surface area contributed by atoms with Gasteiger partial charge in [-0.15, -0.1) is 0 Å². The van der Waals surface area contributed by atoms with Crippen molar-refractivity contribution in [1.29, 1.82) is 0 Å². The van der Waals surface area contributed by atoms with Crippen LogP contribution in [-0.4, -0.2) is 15.5 Å². The Balaban J connectivity index is 1.75. The Morgan fingerprint density at radius 2 is 2.00 bits per heavy atom. The van der Waals surface area contributed by atoms with Gasteiger partial charge in [-0.25, -0.2) is 8.78 Å². The van der Waals surface area contributed by atoms with E-state index in [2.05, 4.69) is 10.3 Å². The van der Waals surface area contributed by atoms with Gasteiger partial charge in [0.1, 0.15) is 17.5 Å². The van der Waals surface area contributed by atoms with Crippen LogP contribution in [0.1, 0.15) is 34.6 Å². The lowest BCUT2D eigenvalue weighted by Gasteiger charge is -2.27. The summed E-state index contributed by atoms with van der Waals surface area (Å²) in [4.78, 5) is 29.4. The summed E-state index contributed by atoms with van der Waals surface area (Å²) in [5, 5.41) is 3.14. The van der Waals surface area contributed by atoms with Crippen LogP contribution in [-0.2, 0) is 17.6 Å². The van der Waals surface area contributed by atoms with Crippen molar-refractivity contribution in [2.75, 3.05) is 5.32 Å². The van der Waals surface area contributed by atoms with Crippen LogP contribution >= 0.6 is 11.8 Å². The Labute approximate surface area is 176 Å². The maximum absolute atomic E-state index is 14.4. The fourth-order valence-corrected chi connectivity index (χ4v) is 4.57. The molecule has 0 spiro atoms. The summed E-state index contributed by atoms with van der Waals surface area (Å²) in [5.41, 5.74) is 1.80. The number of carbonyl (C=O) groups excluding carboxylic acids is 1. The highest BCUT2D eigenvalue weighted by Gasteiger charge is 2.33. The number of nitrogens with zero attached hydrogens (tertiary/aromatic N) is 2. The lowest BCUT2D eigenvalue weighted by molar-refractivity contribution is -0.116. The first-order chi connectivity index (χ1) is 14.3. The molecule has 0 unspecified atom stereocenters. The lowest BCUT2D eigenvalue weighted by Crippen LogP contribution is -2.33. The molecule has 3 aromatic rings. The van der Waals surface area contributed by atoms with E-state index >= 15 is 0 Å². The molecule has 0 saturated carbocycles. The first-order valence-electron chi connectivity index (χ1n) is 9.37. The van der Waals surface area contributed by atoms with Crippen LogP contribution < -0.4 is 10.9 Å². The monoisotopic (exact) mass is 427 g/mol. The fourth-order valence-electron chi connectivity index (χ4n) is 3.66. The minimum Gasteiger partial charge on any atom is -0.312 e. The van der Waals surface area contributed by atoms with Crippen LogP contribution in [0, 0.1) is 18.6 Å². The average molecular weight is 427 g/mol. The van der Waals surface area contributed by atoms with E-state index in [1.807, 2.05) is 31.2 Å². The third kappa shape index (κ3) is 3.87. The molecular weight excluding hydrogens is 408 g/mol. The number of thioether (sulfide) groups is 1. The van der Waals surface area contributed by atoms with Crippen molar-refractivity contribution in [3.8, 4) is 0 Å². The van der Waals surface area contributed by atoms with Gasteiger partial charge >= 0.3 is 0 Å². The molecule has 1 amide bonds. The van der Waals surface area contributed by atoms with Crippen molar-refractivity contribution in [2.45, 2.75) is 30.2 Å². The third-order valence-electron chi connectivity index (χ3n) is 5.08. The standard InChI is InChI=1S/C22H19F2N3O2S/c1-12-4-3-5-13(8-12)11-30-22-26-21(29)19-16(10-18(28)25-20(19)27(22)2)15-9-14(23)6-7-17(15)24/h3-9,16H,10-11H2,1-2H3,(H,25,28)/t16-/m0/s1. The molecule has 1 aromatic heterocycles. The van der Waals surface area contributed by atoms with Crippen LogP contribution in [0.25, 0.3) is 0 Å². The molecule has 1 atom stereocenters. The van der Waals surface area contributed by atoms with E-state index < -0.39 is 23.1 Å². The summed E-state index contributed by atoms with van der Waals surface area (Å²) in [6, 6.07) is 11.0. The molecule has 0 bridgehead atoms. The second kappa shape index (κ2) is 8.02. The molecular formula is C22H19F2N3O2S. The van der Waals surface area contributed by atoms with E-state index in [-0.39, 0.29) is 29.3 Å². The van der Waals surface area contributed by atoms with E-state index in [4.69, 9.17) is 0 Å². The number of rotatable bonds is 4. The van der Waals surface area contributed by atoms with Crippen LogP contribution in [0.2, 0.25) is 0 Å². The fraction of sp³-hybridized carbons (Fsp3) is 0.227. The predicted octanol–water partition coefficient (Wildman–Crippen LogP) is 4.13. The molecule has 5 nitrogen and oxygen atoms in total. The van der Waals surface area contributed by atoms with Gasteiger partial charge in [-0.3, -0.25) is 9.59 Å². The first-order valence-corrected chi connectivity index (χ1v) is 10.4. The zero-order valence-corrected chi connectivity index (χ0v) is 17.2. The van der Waals surface area contributed by atoms with Crippen molar-refractivity contribution in [2.24, 2.45) is 7.05 Å². The number of halogens is 2. The SMILES string of the molecule is Cc1cccc(CSc2nc(=O)c3c(n2C)NC(=O)C[C@H]3c2cc(F)ccc2F)c1. The number of amides is 1. The van der Waals surface area contributed by atoms with Crippen molar-refractivity contribution in [1.82, 2.24) is 9.55 Å². The number of anilines is 1. The smallest absolute Gasteiger partial charge is 0.279 e. The Hall–Kier alpha value is -3.00. The molecule has 1 aliphatic rings. The Bertz CT molecular complexity index is 1210. The van der Waals surface area contributed by atoms with E-state index in [0.717, 1.165) is 29.3 Å². The van der Waals surface area contributed by atoms with Crippen molar-refractivity contribution in [3.05, 3.63) is 86.7 Å². The van der Waals surface area contributed by atoms with Gasteiger partial charge in [0.05, 0.1) is 5.56 Å². The van der Waals surface area contributed by atoms with Crippen LogP contribution in [0.15, 0.2) is 52.4 Å². The van der Waals surface area contributed by atoms with Gasteiger partial charge in [-0.2, -0.15) is 4.98 Å². The summed E-state index contributed by atoms with van der Waals surface area (Å²) in [6.45, 7) is 2.00. The number of benzene rings is 2. The van der Waals surface area contributed by atoms with Gasteiger partial charge in [0.2, 0.25) is 5.91 Å². The molecule has 0 saturated heterocycles. The molecule has 8 heteroatoms. The van der Waals surface area contributed by atoms with Gasteiger partial charge in [-0.05, 0) is 36.2 Å². The molecule has 0 radical (unpaired) electrons. The second-order valence-corrected chi connectivity index (χ2v) is 8.21. The molecule has 0 fully saturated rings. The first kappa shape index (κ1) is 20.3. The highest BCUT2D eigenvalue weighted by Crippen LogP contribution is 2.37. The lowest BCUT2D eigenvalue weighted by atomic mass is 9.86. The van der Waals surface area contributed by atoms with Gasteiger partial charge in [0.25, 0.3) is 5.56 Å². The number of aryl methyl sites for hydroxylation is 1. The van der Waals surface area contributed by atoms with E-state index in [0.29, 0.717) is 10.9 Å². The Morgan fingerprint density at radius 1 is 1.20 bits per heavy atom. The van der Waals surface area contributed by atoms with Crippen molar-refractivity contribution in [3.63, 3.8) is 0 Å². The summed E-state index contributed by atoms with van der Waals surface area (Å²) >= 11 is 1.37. The summed E-state index contributed by atoms with van der Waals surface area (Å²) < 4.78 is 29.8. The van der Waals surface area contributed by atoms with E-state index in [1.54, 1.807) is 11.6 Å². The molecule has 154 valence electrons. The maximum atomic E-state index is 14.4. The number of hydrogen-bond donors (Lipinski definition) is 1. The zero-order valence-electron chi connectivity index (χ0n) is 16.4. The summed E-state index contributed by atoms with van der Waals surface area (Å²) in [7, 11) is 1.69. The molecule has 1 aliphatic heterocycles. The zero-order chi connectivity index (χ0) is 21.4. The van der Waals surface area contributed by atoms with Gasteiger partial charge in [0.15, 0.2) is 5.16 Å². The van der Waals surface area contributed by atoms with Crippen molar-refractivity contribution < 1.29 is 13.6 Å². The topological polar surface area (TPSA) is 64.0 Å². The number of fused-ring (bicyclic) bond motifs is 1. The van der Waals surface area contributed by atoms with Crippen LogP contribution in [0.5, 0.6) is 0 Å². The Kier molecular flexibility index (Phi) is 5.42. The average Bonchev–Trinajstić information content (AvgIpc) is 2.71. The quantitative estimate of drug-likeness (QED) is 0.502. The normalized spacial score (nSPS) is 15.6. The largest absolute Gasteiger partial charge is 0.312 e. The summed E-state index contributed by atoms with van der Waals surface area (Å²) in [5.74, 6) is -1.70. The molecule has 0 aliphatic carbocycles. The molecule has 30 heavy (non-hydrogen) atoms. The predicted molar refractivity (Wildman–Crippen MR) is 112 cm³/mol. The molecule has 2 aromatic carbocycles. The number of nitrogens with one attached hydrogen (secondary N) is 1. The summed E-state index contributed by atoms with van der Waals surface area (Å²) in [6.07, 6.45) is -0.153. The molecule has 1 N–H and O–H groups in total. The van der Waals surface area contributed by atoms with Gasteiger partial charge in [-0.1, -0.05) is 41.6 Å². The van der Waals surface area contributed by atoms with Gasteiger partial charge < -0.3 is 9.88 Å². The molecule has 2 heterocycles. The number of aromatic nitrogens is 2. The maximum Gasteiger partial charge on any atom is 0.279 e. The Morgan fingerprint density at radius 3 is 2.77 bits per heavy atom. The van der Waals surface area contributed by atoms with Crippen molar-refractivity contribution >= 4 is 23.5 Å².